The van der Waals surface area contributed by atoms with Crippen molar-refractivity contribution in [3.05, 3.63) is 0 Å². The Bertz CT molecular complexity index is 430. The summed E-state index contributed by atoms with van der Waals surface area (Å²) in [6.45, 7) is 6.62. The van der Waals surface area contributed by atoms with Crippen LogP contribution in [0.25, 0.3) is 0 Å². The Balaban J connectivity index is 0.000000277. The van der Waals surface area contributed by atoms with Gasteiger partial charge in [-0.15, -0.1) is 0 Å². The standard InChI is InChI=1S/C11H17F3O.C7H14O2/c1-10(15,11(12,13)14)6-9-5-7-2-3-8(9)4-7;1-5-7(2,3)6(8)9-4/h7-9,15H,2-6H2,1H3;5H2,1-4H3. The third-order valence-corrected chi connectivity index (χ3v) is 5.78. The number of methoxy groups -OCH3 is 1. The summed E-state index contributed by atoms with van der Waals surface area (Å²) in [6, 6.07) is 0. The summed E-state index contributed by atoms with van der Waals surface area (Å²) in [7, 11) is 1.42. The van der Waals surface area contributed by atoms with Gasteiger partial charge in [0.05, 0.1) is 12.5 Å². The molecule has 2 bridgehead atoms. The van der Waals surface area contributed by atoms with Crippen LogP contribution in [-0.2, 0) is 9.53 Å². The molecular weight excluding hydrogens is 321 g/mol. The van der Waals surface area contributed by atoms with E-state index in [1.54, 1.807) is 0 Å². The number of esters is 1. The number of carbonyl (C=O) groups is 1. The van der Waals surface area contributed by atoms with Gasteiger partial charge in [-0.3, -0.25) is 4.79 Å². The molecule has 0 aromatic heterocycles. The number of alkyl halides is 3. The molecule has 0 spiro atoms. The number of carbonyl (C=O) groups excluding carboxylic acids is 1. The average Bonchev–Trinajstić information content (AvgIpc) is 3.07. The predicted octanol–water partition coefficient (Wildman–Crippen LogP) is 4.72. The molecular formula is C18H31F3O3. The van der Waals surface area contributed by atoms with Crippen LogP contribution in [0.15, 0.2) is 0 Å². The Labute approximate surface area is 143 Å². The van der Waals surface area contributed by atoms with Crippen LogP contribution >= 0.6 is 0 Å². The van der Waals surface area contributed by atoms with E-state index in [1.165, 1.54) is 13.5 Å². The van der Waals surface area contributed by atoms with Crippen molar-refractivity contribution in [2.24, 2.45) is 23.2 Å². The first-order chi connectivity index (χ1) is 10.8. The Kier molecular flexibility index (Phi) is 6.76. The molecule has 4 atom stereocenters. The van der Waals surface area contributed by atoms with Gasteiger partial charge in [0.1, 0.15) is 0 Å². The zero-order valence-electron chi connectivity index (χ0n) is 15.4. The van der Waals surface area contributed by atoms with E-state index in [0.717, 1.165) is 32.6 Å². The number of aliphatic hydroxyl groups is 1. The monoisotopic (exact) mass is 352 g/mol. The van der Waals surface area contributed by atoms with Crippen LogP contribution in [-0.4, -0.2) is 30.0 Å². The van der Waals surface area contributed by atoms with E-state index in [9.17, 15) is 23.1 Å². The highest BCUT2D eigenvalue weighted by Crippen LogP contribution is 2.52. The first-order valence-electron chi connectivity index (χ1n) is 8.71. The van der Waals surface area contributed by atoms with Gasteiger partial charge in [0.25, 0.3) is 0 Å². The number of rotatable bonds is 4. The Morgan fingerprint density at radius 2 is 1.75 bits per heavy atom. The Morgan fingerprint density at radius 3 is 2.04 bits per heavy atom. The van der Waals surface area contributed by atoms with Crippen LogP contribution < -0.4 is 0 Å². The van der Waals surface area contributed by atoms with E-state index >= 15 is 0 Å². The molecule has 142 valence electrons. The topological polar surface area (TPSA) is 46.5 Å². The van der Waals surface area contributed by atoms with E-state index < -0.39 is 11.8 Å². The van der Waals surface area contributed by atoms with Crippen molar-refractivity contribution in [3.63, 3.8) is 0 Å². The van der Waals surface area contributed by atoms with Crippen molar-refractivity contribution in [1.29, 1.82) is 0 Å². The number of fused-ring (bicyclic) bond motifs is 2. The lowest BCUT2D eigenvalue weighted by Crippen LogP contribution is -2.44. The van der Waals surface area contributed by atoms with Gasteiger partial charge in [0.15, 0.2) is 5.60 Å². The molecule has 0 aliphatic heterocycles. The first kappa shape index (κ1) is 21.3. The average molecular weight is 352 g/mol. The van der Waals surface area contributed by atoms with Gasteiger partial charge in [-0.2, -0.15) is 13.2 Å². The highest BCUT2D eigenvalue weighted by Gasteiger charge is 2.53. The lowest BCUT2D eigenvalue weighted by Gasteiger charge is -2.32. The van der Waals surface area contributed by atoms with Crippen LogP contribution in [0.2, 0.25) is 0 Å². The SMILES string of the molecule is CC(O)(CC1CC2CCC1C2)C(F)(F)F.CCC(C)(C)C(=O)OC. The molecule has 2 rings (SSSR count). The fraction of sp³-hybridized carbons (Fsp3) is 0.944. The molecule has 3 nitrogen and oxygen atoms in total. The normalized spacial score (nSPS) is 28.8. The van der Waals surface area contributed by atoms with Gasteiger partial charge in [-0.25, -0.2) is 0 Å². The summed E-state index contributed by atoms with van der Waals surface area (Å²) in [5, 5.41) is 9.41. The lowest BCUT2D eigenvalue weighted by molar-refractivity contribution is -0.259. The second-order valence-electron chi connectivity index (χ2n) is 8.14. The van der Waals surface area contributed by atoms with Crippen molar-refractivity contribution in [2.75, 3.05) is 7.11 Å². The summed E-state index contributed by atoms with van der Waals surface area (Å²) < 4.78 is 42.0. The first-order valence-corrected chi connectivity index (χ1v) is 8.71. The quantitative estimate of drug-likeness (QED) is 0.745. The third kappa shape index (κ3) is 5.11. The molecule has 2 saturated carbocycles. The molecule has 0 aromatic rings. The van der Waals surface area contributed by atoms with Crippen molar-refractivity contribution < 1.29 is 27.8 Å². The summed E-state index contributed by atoms with van der Waals surface area (Å²) >= 11 is 0. The fourth-order valence-electron chi connectivity index (χ4n) is 3.67. The van der Waals surface area contributed by atoms with Gasteiger partial charge in [-0.1, -0.05) is 13.3 Å². The molecule has 2 aliphatic carbocycles. The summed E-state index contributed by atoms with van der Waals surface area (Å²) in [5.41, 5.74) is -2.81. The maximum absolute atomic E-state index is 12.5. The van der Waals surface area contributed by atoms with Gasteiger partial charge >= 0.3 is 12.1 Å². The minimum absolute atomic E-state index is 0.0837. The molecule has 1 N–H and O–H groups in total. The number of hydrogen-bond donors (Lipinski definition) is 1. The molecule has 0 amide bonds. The zero-order chi connectivity index (χ0) is 18.8. The van der Waals surface area contributed by atoms with Gasteiger partial charge in [0, 0.05) is 0 Å². The van der Waals surface area contributed by atoms with E-state index in [4.69, 9.17) is 0 Å². The Morgan fingerprint density at radius 1 is 1.17 bits per heavy atom. The fourth-order valence-corrected chi connectivity index (χ4v) is 3.67. The minimum atomic E-state index is -4.49. The van der Waals surface area contributed by atoms with Crippen molar-refractivity contribution in [2.45, 2.75) is 78.0 Å². The van der Waals surface area contributed by atoms with Gasteiger partial charge < -0.3 is 9.84 Å². The van der Waals surface area contributed by atoms with E-state index in [2.05, 4.69) is 4.74 Å². The minimum Gasteiger partial charge on any atom is -0.469 e. The molecule has 6 heteroatoms. The third-order valence-electron chi connectivity index (χ3n) is 5.78. The molecule has 0 saturated heterocycles. The number of halogens is 3. The predicted molar refractivity (Wildman–Crippen MR) is 86.3 cm³/mol. The molecule has 0 heterocycles. The van der Waals surface area contributed by atoms with Crippen molar-refractivity contribution >= 4 is 5.97 Å². The van der Waals surface area contributed by atoms with Crippen molar-refractivity contribution in [1.82, 2.24) is 0 Å². The summed E-state index contributed by atoms with van der Waals surface area (Å²) in [5.74, 6) is 1.01. The lowest BCUT2D eigenvalue weighted by atomic mass is 9.81. The molecule has 24 heavy (non-hydrogen) atoms. The second-order valence-corrected chi connectivity index (χ2v) is 8.14. The van der Waals surface area contributed by atoms with Crippen molar-refractivity contribution in [3.8, 4) is 0 Å². The second kappa shape index (κ2) is 7.63. The molecule has 2 fully saturated rings. The largest absolute Gasteiger partial charge is 0.469 e. The van der Waals surface area contributed by atoms with Gasteiger partial charge in [0.2, 0.25) is 0 Å². The van der Waals surface area contributed by atoms with Crippen LogP contribution in [0.1, 0.15) is 66.2 Å². The molecule has 0 radical (unpaired) electrons. The Hall–Kier alpha value is -0.780. The van der Waals surface area contributed by atoms with Crippen LogP contribution in [0.5, 0.6) is 0 Å². The summed E-state index contributed by atoms with van der Waals surface area (Å²) in [4.78, 5) is 10.8. The maximum atomic E-state index is 12.5. The van der Waals surface area contributed by atoms with Crippen LogP contribution in [0, 0.1) is 23.2 Å². The number of ether oxygens (including phenoxy) is 1. The molecule has 4 unspecified atom stereocenters. The number of hydrogen-bond acceptors (Lipinski definition) is 3. The van der Waals surface area contributed by atoms with E-state index in [-0.39, 0.29) is 23.7 Å². The summed E-state index contributed by atoms with van der Waals surface area (Å²) in [6.07, 6.45) is 0.417. The van der Waals surface area contributed by atoms with Crippen LogP contribution in [0.3, 0.4) is 0 Å². The molecule has 0 aromatic carbocycles. The maximum Gasteiger partial charge on any atom is 0.416 e. The zero-order valence-corrected chi connectivity index (χ0v) is 15.4. The van der Waals surface area contributed by atoms with Gasteiger partial charge in [-0.05, 0) is 70.6 Å². The van der Waals surface area contributed by atoms with Crippen LogP contribution in [0.4, 0.5) is 13.2 Å². The van der Waals surface area contributed by atoms with E-state index in [1.807, 2.05) is 20.8 Å². The highest BCUT2D eigenvalue weighted by molar-refractivity contribution is 5.75. The molecule has 2 aliphatic rings. The van der Waals surface area contributed by atoms with E-state index in [0.29, 0.717) is 11.8 Å². The smallest absolute Gasteiger partial charge is 0.416 e. The highest BCUT2D eigenvalue weighted by atomic mass is 19.4.